The first-order chi connectivity index (χ1) is 14.6. The third kappa shape index (κ3) is 4.16. The molecule has 1 aliphatic heterocycles. The van der Waals surface area contributed by atoms with Crippen molar-refractivity contribution in [3.05, 3.63) is 61.7 Å². The lowest BCUT2D eigenvalue weighted by molar-refractivity contribution is -0.395. The fourth-order valence-corrected chi connectivity index (χ4v) is 6.56. The highest BCUT2D eigenvalue weighted by atomic mass is 32.2. The van der Waals surface area contributed by atoms with E-state index in [4.69, 9.17) is 9.47 Å². The third-order valence-electron chi connectivity index (χ3n) is 4.87. The van der Waals surface area contributed by atoms with Gasteiger partial charge in [-0.25, -0.2) is 8.42 Å². The molecular formula is C18H19N3O8S2. The summed E-state index contributed by atoms with van der Waals surface area (Å²) < 4.78 is 38.4. The molecule has 0 bridgehead atoms. The molecule has 2 aromatic rings. The van der Waals surface area contributed by atoms with Gasteiger partial charge in [0.1, 0.15) is 5.56 Å². The second-order valence-electron chi connectivity index (χ2n) is 6.55. The minimum absolute atomic E-state index is 0.140. The van der Waals surface area contributed by atoms with Crippen molar-refractivity contribution >= 4 is 33.2 Å². The van der Waals surface area contributed by atoms with Crippen LogP contribution >= 0.6 is 11.8 Å². The lowest BCUT2D eigenvalue weighted by atomic mass is 10.1. The molecular weight excluding hydrogens is 450 g/mol. The van der Waals surface area contributed by atoms with Crippen molar-refractivity contribution < 1.29 is 27.7 Å². The van der Waals surface area contributed by atoms with E-state index in [1.54, 1.807) is 18.2 Å². The SMILES string of the molecule is COc1ccc([C@@H]2SCCN2S(=O)(=O)c2cc([N+](=O)[O-])c(C)c([N+](=O)[O-])c2)cc1OC. The molecule has 0 aliphatic carbocycles. The number of benzene rings is 2. The van der Waals surface area contributed by atoms with Gasteiger partial charge >= 0.3 is 0 Å². The number of hydrogen-bond donors (Lipinski definition) is 0. The Balaban J connectivity index is 2.09. The van der Waals surface area contributed by atoms with E-state index in [0.29, 0.717) is 22.8 Å². The van der Waals surface area contributed by atoms with E-state index in [1.807, 2.05) is 0 Å². The summed E-state index contributed by atoms with van der Waals surface area (Å²) in [5.41, 5.74) is -0.828. The Morgan fingerprint density at radius 2 is 1.61 bits per heavy atom. The molecule has 1 atom stereocenters. The van der Waals surface area contributed by atoms with Crippen LogP contribution in [0.1, 0.15) is 16.5 Å². The number of methoxy groups -OCH3 is 2. The van der Waals surface area contributed by atoms with Crippen molar-refractivity contribution in [2.24, 2.45) is 0 Å². The van der Waals surface area contributed by atoms with E-state index in [1.165, 1.54) is 37.2 Å². The van der Waals surface area contributed by atoms with E-state index in [-0.39, 0.29) is 12.1 Å². The molecule has 0 amide bonds. The summed E-state index contributed by atoms with van der Waals surface area (Å²) in [7, 11) is -1.33. The second kappa shape index (κ2) is 8.69. The Morgan fingerprint density at radius 1 is 1.03 bits per heavy atom. The molecule has 1 fully saturated rings. The van der Waals surface area contributed by atoms with Crippen LogP contribution < -0.4 is 9.47 Å². The number of rotatable bonds is 7. The molecule has 0 unspecified atom stereocenters. The standard InChI is InChI=1S/C18H19N3O8S2/c1-11-14(20(22)23)9-13(10-15(11)21(24)25)31(26,27)19-6-7-30-18(19)12-4-5-16(28-2)17(8-12)29-3/h4-5,8-10,18H,6-7H2,1-3H3/t18-/m0/s1. The maximum absolute atomic E-state index is 13.4. The van der Waals surface area contributed by atoms with E-state index in [9.17, 15) is 28.6 Å². The number of sulfonamides is 1. The number of hydrogen-bond acceptors (Lipinski definition) is 9. The highest BCUT2D eigenvalue weighted by Gasteiger charge is 2.39. The van der Waals surface area contributed by atoms with Crippen molar-refractivity contribution in [1.82, 2.24) is 4.31 Å². The van der Waals surface area contributed by atoms with Crippen LogP contribution in [-0.4, -0.2) is 49.1 Å². The fraction of sp³-hybridized carbons (Fsp3) is 0.333. The smallest absolute Gasteiger partial charge is 0.280 e. The molecule has 2 aromatic carbocycles. The van der Waals surface area contributed by atoms with E-state index < -0.39 is 41.5 Å². The van der Waals surface area contributed by atoms with Crippen LogP contribution in [0, 0.1) is 27.2 Å². The van der Waals surface area contributed by atoms with Crippen molar-refractivity contribution in [2.45, 2.75) is 17.2 Å². The van der Waals surface area contributed by atoms with Gasteiger partial charge in [0.05, 0.1) is 34.3 Å². The molecule has 1 aliphatic rings. The summed E-state index contributed by atoms with van der Waals surface area (Å²) in [4.78, 5) is 20.6. The molecule has 1 heterocycles. The maximum Gasteiger partial charge on any atom is 0.280 e. The molecule has 0 spiro atoms. The van der Waals surface area contributed by atoms with Gasteiger partial charge in [0, 0.05) is 24.4 Å². The zero-order chi connectivity index (χ0) is 22.9. The summed E-state index contributed by atoms with van der Waals surface area (Å²) in [6.07, 6.45) is 0. The molecule has 1 saturated heterocycles. The molecule has 11 nitrogen and oxygen atoms in total. The Morgan fingerprint density at radius 3 is 2.13 bits per heavy atom. The van der Waals surface area contributed by atoms with Crippen LogP contribution in [0.2, 0.25) is 0 Å². The normalized spacial score (nSPS) is 16.8. The number of nitro groups is 2. The van der Waals surface area contributed by atoms with Gasteiger partial charge in [-0.1, -0.05) is 6.07 Å². The summed E-state index contributed by atoms with van der Waals surface area (Å²) in [5.74, 6) is 1.38. The highest BCUT2D eigenvalue weighted by molar-refractivity contribution is 8.01. The molecule has 0 saturated carbocycles. The van der Waals surface area contributed by atoms with Crippen LogP contribution in [0.25, 0.3) is 0 Å². The summed E-state index contributed by atoms with van der Waals surface area (Å²) in [6.45, 7) is 1.35. The van der Waals surface area contributed by atoms with Gasteiger partial charge in [0.25, 0.3) is 11.4 Å². The zero-order valence-electron chi connectivity index (χ0n) is 16.8. The lowest BCUT2D eigenvalue weighted by Gasteiger charge is -2.24. The maximum atomic E-state index is 13.4. The molecule has 3 rings (SSSR count). The summed E-state index contributed by atoms with van der Waals surface area (Å²) in [5, 5.41) is 22.1. The number of ether oxygens (including phenoxy) is 2. The first-order valence-electron chi connectivity index (χ1n) is 8.90. The zero-order valence-corrected chi connectivity index (χ0v) is 18.4. The average molecular weight is 469 g/mol. The lowest BCUT2D eigenvalue weighted by Crippen LogP contribution is -2.30. The largest absolute Gasteiger partial charge is 0.493 e. The Labute approximate surface area is 182 Å². The van der Waals surface area contributed by atoms with Gasteiger partial charge in [-0.3, -0.25) is 20.2 Å². The van der Waals surface area contributed by atoms with Gasteiger partial charge in [-0.05, 0) is 24.6 Å². The number of nitrogens with zero attached hydrogens (tertiary/aromatic N) is 3. The Bertz CT molecular complexity index is 1120. The molecule has 0 radical (unpaired) electrons. The minimum Gasteiger partial charge on any atom is -0.493 e. The van der Waals surface area contributed by atoms with Crippen LogP contribution in [0.15, 0.2) is 35.2 Å². The summed E-state index contributed by atoms with van der Waals surface area (Å²) >= 11 is 1.36. The predicted molar refractivity (Wildman–Crippen MR) is 113 cm³/mol. The van der Waals surface area contributed by atoms with E-state index in [2.05, 4.69) is 0 Å². The highest BCUT2D eigenvalue weighted by Crippen LogP contribution is 2.44. The topological polar surface area (TPSA) is 142 Å². The minimum atomic E-state index is -4.27. The van der Waals surface area contributed by atoms with Crippen LogP contribution in [0.4, 0.5) is 11.4 Å². The monoisotopic (exact) mass is 469 g/mol. The molecule has 31 heavy (non-hydrogen) atoms. The number of thioether (sulfide) groups is 1. The van der Waals surface area contributed by atoms with Crippen molar-refractivity contribution in [1.29, 1.82) is 0 Å². The van der Waals surface area contributed by atoms with Crippen molar-refractivity contribution in [3.63, 3.8) is 0 Å². The second-order valence-corrected chi connectivity index (χ2v) is 9.63. The first kappa shape index (κ1) is 22.8. The predicted octanol–water partition coefficient (Wildman–Crippen LogP) is 3.26. The van der Waals surface area contributed by atoms with Crippen LogP contribution in [0.3, 0.4) is 0 Å². The fourth-order valence-electron chi connectivity index (χ4n) is 3.29. The van der Waals surface area contributed by atoms with E-state index in [0.717, 1.165) is 12.1 Å². The van der Waals surface area contributed by atoms with Gasteiger partial charge in [0.2, 0.25) is 10.0 Å². The van der Waals surface area contributed by atoms with Crippen LogP contribution in [0.5, 0.6) is 11.5 Å². The van der Waals surface area contributed by atoms with Gasteiger partial charge in [0.15, 0.2) is 11.5 Å². The third-order valence-corrected chi connectivity index (χ3v) is 8.10. The van der Waals surface area contributed by atoms with Gasteiger partial charge in [-0.15, -0.1) is 11.8 Å². The first-order valence-corrected chi connectivity index (χ1v) is 11.4. The van der Waals surface area contributed by atoms with Crippen molar-refractivity contribution in [2.75, 3.05) is 26.5 Å². The van der Waals surface area contributed by atoms with Gasteiger partial charge in [-0.2, -0.15) is 4.31 Å². The van der Waals surface area contributed by atoms with E-state index >= 15 is 0 Å². The molecule has 0 aromatic heterocycles. The summed E-state index contributed by atoms with van der Waals surface area (Å²) in [6, 6.07) is 6.75. The molecule has 0 N–H and O–H groups in total. The Kier molecular flexibility index (Phi) is 6.38. The number of nitro benzene ring substituents is 2. The van der Waals surface area contributed by atoms with Gasteiger partial charge < -0.3 is 9.47 Å². The van der Waals surface area contributed by atoms with Crippen LogP contribution in [-0.2, 0) is 10.0 Å². The molecule has 13 heteroatoms. The average Bonchev–Trinajstić information content (AvgIpc) is 3.23. The van der Waals surface area contributed by atoms with Crippen molar-refractivity contribution in [3.8, 4) is 11.5 Å². The molecule has 166 valence electrons. The Hall–Kier alpha value is -2.90. The quantitative estimate of drug-likeness (QED) is 0.441.